The van der Waals surface area contributed by atoms with E-state index in [1.165, 1.54) is 18.1 Å². The van der Waals surface area contributed by atoms with Crippen molar-refractivity contribution in [3.63, 3.8) is 0 Å². The molecular weight excluding hydrogens is 409 g/mol. The van der Waals surface area contributed by atoms with Gasteiger partial charge in [0.2, 0.25) is 6.54 Å². The SMILES string of the molecule is COC(=O)N(C)Cc1ccc(-c2[nH]c3cc(F)cc(C(=O)O)c3c2CC[N+](=O)[O-])cc1. The molecule has 0 saturated heterocycles. The molecule has 0 radical (unpaired) electrons. The Balaban J connectivity index is 2.07. The molecule has 2 N–H and O–H groups in total. The van der Waals surface area contributed by atoms with Gasteiger partial charge in [-0.25, -0.2) is 14.0 Å². The highest BCUT2D eigenvalue weighted by Crippen LogP contribution is 2.34. The van der Waals surface area contributed by atoms with Gasteiger partial charge in [0.25, 0.3) is 0 Å². The molecule has 0 aliphatic heterocycles. The number of aromatic carboxylic acids is 1. The fourth-order valence-corrected chi connectivity index (χ4v) is 3.50. The molecule has 0 fully saturated rings. The molecule has 0 bridgehead atoms. The standard InChI is InChI=1S/C21H20FN3O6/c1-24(21(28)31-2)11-12-3-5-13(6-4-12)19-15(7-8-25(29)30)18-16(20(26)27)9-14(22)10-17(18)23-19/h3-6,9-10,23H,7-8,11H2,1-2H3,(H,26,27). The smallest absolute Gasteiger partial charge is 0.409 e. The summed E-state index contributed by atoms with van der Waals surface area (Å²) < 4.78 is 18.6. The van der Waals surface area contributed by atoms with E-state index in [-0.39, 0.29) is 22.9 Å². The molecule has 1 amide bonds. The van der Waals surface area contributed by atoms with E-state index >= 15 is 0 Å². The third kappa shape index (κ3) is 4.63. The number of H-pyrrole nitrogens is 1. The number of hydrogen-bond donors (Lipinski definition) is 2. The van der Waals surface area contributed by atoms with Crippen LogP contribution in [0.1, 0.15) is 21.5 Å². The summed E-state index contributed by atoms with van der Waals surface area (Å²) in [5.41, 5.74) is 2.38. The van der Waals surface area contributed by atoms with Crippen LogP contribution < -0.4 is 0 Å². The van der Waals surface area contributed by atoms with Gasteiger partial charge in [0, 0.05) is 41.5 Å². The van der Waals surface area contributed by atoms with Gasteiger partial charge in [-0.2, -0.15) is 0 Å². The van der Waals surface area contributed by atoms with Crippen molar-refractivity contribution in [1.82, 2.24) is 9.88 Å². The summed E-state index contributed by atoms with van der Waals surface area (Å²) in [7, 11) is 2.88. The third-order valence-corrected chi connectivity index (χ3v) is 4.89. The van der Waals surface area contributed by atoms with Gasteiger partial charge in [-0.1, -0.05) is 24.3 Å². The number of amides is 1. The number of aromatic amines is 1. The topological polar surface area (TPSA) is 126 Å². The number of ether oxygens (including phenoxy) is 1. The van der Waals surface area contributed by atoms with Crippen LogP contribution in [-0.2, 0) is 17.7 Å². The first-order chi connectivity index (χ1) is 14.7. The predicted octanol–water partition coefficient (Wildman–Crippen LogP) is 3.69. The zero-order valence-corrected chi connectivity index (χ0v) is 16.8. The van der Waals surface area contributed by atoms with Crippen LogP contribution >= 0.6 is 0 Å². The van der Waals surface area contributed by atoms with Crippen molar-refractivity contribution >= 4 is 23.0 Å². The molecule has 1 heterocycles. The van der Waals surface area contributed by atoms with Gasteiger partial charge in [0.1, 0.15) is 5.82 Å². The lowest BCUT2D eigenvalue weighted by molar-refractivity contribution is -0.479. The largest absolute Gasteiger partial charge is 0.478 e. The van der Waals surface area contributed by atoms with Crippen LogP contribution in [0.3, 0.4) is 0 Å². The lowest BCUT2D eigenvalue weighted by atomic mass is 9.98. The van der Waals surface area contributed by atoms with Gasteiger partial charge in [0.15, 0.2) is 0 Å². The monoisotopic (exact) mass is 429 g/mol. The zero-order valence-electron chi connectivity index (χ0n) is 16.8. The van der Waals surface area contributed by atoms with Crippen molar-refractivity contribution in [2.75, 3.05) is 20.7 Å². The Hall–Kier alpha value is -3.95. The lowest BCUT2D eigenvalue weighted by Crippen LogP contribution is -2.25. The van der Waals surface area contributed by atoms with E-state index in [2.05, 4.69) is 9.72 Å². The fraction of sp³-hybridized carbons (Fsp3) is 0.238. The van der Waals surface area contributed by atoms with E-state index in [1.807, 2.05) is 0 Å². The Labute approximate surface area is 176 Å². The Morgan fingerprint density at radius 2 is 1.94 bits per heavy atom. The van der Waals surface area contributed by atoms with E-state index in [0.717, 1.165) is 11.6 Å². The van der Waals surface area contributed by atoms with Crippen molar-refractivity contribution in [3.8, 4) is 11.3 Å². The number of nitrogens with zero attached hydrogens (tertiary/aromatic N) is 2. The van der Waals surface area contributed by atoms with E-state index in [4.69, 9.17) is 0 Å². The summed E-state index contributed by atoms with van der Waals surface area (Å²) in [6.45, 7) is -0.0966. The van der Waals surface area contributed by atoms with Crippen molar-refractivity contribution in [2.45, 2.75) is 13.0 Å². The van der Waals surface area contributed by atoms with Gasteiger partial charge >= 0.3 is 12.1 Å². The fourth-order valence-electron chi connectivity index (χ4n) is 3.50. The average Bonchev–Trinajstić information content (AvgIpc) is 3.09. The summed E-state index contributed by atoms with van der Waals surface area (Å²) in [6.07, 6.45) is -0.508. The number of hydrogen-bond acceptors (Lipinski definition) is 5. The molecule has 0 aliphatic rings. The number of nitro groups is 1. The predicted molar refractivity (Wildman–Crippen MR) is 110 cm³/mol. The molecule has 1 aromatic heterocycles. The number of carbonyl (C=O) groups excluding carboxylic acids is 1. The Bertz CT molecular complexity index is 1160. The highest BCUT2D eigenvalue weighted by molar-refractivity contribution is 6.06. The molecule has 0 aliphatic carbocycles. The van der Waals surface area contributed by atoms with Crippen LogP contribution in [0.4, 0.5) is 9.18 Å². The molecule has 0 unspecified atom stereocenters. The molecule has 0 atom stereocenters. The number of fused-ring (bicyclic) bond motifs is 1. The molecular formula is C21H20FN3O6. The first-order valence-corrected chi connectivity index (χ1v) is 9.28. The van der Waals surface area contributed by atoms with Gasteiger partial charge in [-0.15, -0.1) is 0 Å². The molecule has 2 aromatic carbocycles. The second kappa shape index (κ2) is 8.82. The van der Waals surface area contributed by atoms with Crippen LogP contribution in [0.5, 0.6) is 0 Å². The summed E-state index contributed by atoms with van der Waals surface area (Å²) in [6, 6.07) is 9.12. The van der Waals surface area contributed by atoms with Crippen molar-refractivity contribution in [1.29, 1.82) is 0 Å². The van der Waals surface area contributed by atoms with Crippen molar-refractivity contribution in [3.05, 3.63) is 69.0 Å². The summed E-state index contributed by atoms with van der Waals surface area (Å²) in [4.78, 5) is 38.1. The van der Waals surface area contributed by atoms with Crippen LogP contribution in [0.15, 0.2) is 36.4 Å². The second-order valence-electron chi connectivity index (χ2n) is 6.99. The molecule has 0 spiro atoms. The number of carbonyl (C=O) groups is 2. The number of rotatable bonds is 7. The number of carboxylic acid groups (broad SMARTS) is 1. The van der Waals surface area contributed by atoms with E-state index in [1.54, 1.807) is 31.3 Å². The van der Waals surface area contributed by atoms with E-state index in [0.29, 0.717) is 23.4 Å². The highest BCUT2D eigenvalue weighted by Gasteiger charge is 2.22. The molecule has 0 saturated carbocycles. The Morgan fingerprint density at radius 3 is 2.52 bits per heavy atom. The third-order valence-electron chi connectivity index (χ3n) is 4.89. The lowest BCUT2D eigenvalue weighted by Gasteiger charge is -2.15. The maximum Gasteiger partial charge on any atom is 0.409 e. The van der Waals surface area contributed by atoms with E-state index in [9.17, 15) is 29.2 Å². The number of carboxylic acids is 1. The summed E-state index contributed by atoms with van der Waals surface area (Å²) in [5, 5.41) is 20.7. The minimum absolute atomic E-state index is 0.0267. The number of methoxy groups -OCH3 is 1. The van der Waals surface area contributed by atoms with E-state index < -0.39 is 29.3 Å². The number of aromatic nitrogens is 1. The number of benzene rings is 2. The average molecular weight is 429 g/mol. The van der Waals surface area contributed by atoms with Crippen molar-refractivity contribution in [2.24, 2.45) is 0 Å². The maximum absolute atomic E-state index is 13.9. The normalized spacial score (nSPS) is 10.8. The minimum atomic E-state index is -1.32. The molecule has 3 aromatic rings. The molecule has 162 valence electrons. The van der Waals surface area contributed by atoms with Crippen LogP contribution in [0, 0.1) is 15.9 Å². The van der Waals surface area contributed by atoms with Crippen LogP contribution in [-0.4, -0.2) is 52.7 Å². The molecule has 9 nitrogen and oxygen atoms in total. The van der Waals surface area contributed by atoms with Crippen LogP contribution in [0.25, 0.3) is 22.2 Å². The van der Waals surface area contributed by atoms with Crippen LogP contribution in [0.2, 0.25) is 0 Å². The first-order valence-electron chi connectivity index (χ1n) is 9.28. The van der Waals surface area contributed by atoms with Gasteiger partial charge in [-0.05, 0) is 28.8 Å². The Kier molecular flexibility index (Phi) is 6.19. The molecule has 3 rings (SSSR count). The number of nitrogens with one attached hydrogen (secondary N) is 1. The molecule has 31 heavy (non-hydrogen) atoms. The summed E-state index contributed by atoms with van der Waals surface area (Å²) >= 11 is 0. The van der Waals surface area contributed by atoms with Crippen molar-refractivity contribution < 1.29 is 28.7 Å². The van der Waals surface area contributed by atoms with Gasteiger partial charge in [0.05, 0.1) is 12.7 Å². The summed E-state index contributed by atoms with van der Waals surface area (Å²) in [5.74, 6) is -2.04. The zero-order chi connectivity index (χ0) is 22.7. The maximum atomic E-state index is 13.9. The Morgan fingerprint density at radius 1 is 1.26 bits per heavy atom. The molecule has 10 heteroatoms. The first kappa shape index (κ1) is 21.8. The quantitative estimate of drug-likeness (QED) is 0.436. The van der Waals surface area contributed by atoms with Gasteiger partial charge in [-0.3, -0.25) is 10.1 Å². The number of halogens is 1. The second-order valence-corrected chi connectivity index (χ2v) is 6.99. The minimum Gasteiger partial charge on any atom is -0.478 e. The highest BCUT2D eigenvalue weighted by atomic mass is 19.1. The van der Waals surface area contributed by atoms with Gasteiger partial charge < -0.3 is 19.7 Å².